The third kappa shape index (κ3) is 4.37. The zero-order valence-corrected chi connectivity index (χ0v) is 13.0. The van der Waals surface area contributed by atoms with Gasteiger partial charge in [0.15, 0.2) is 0 Å². The van der Waals surface area contributed by atoms with Gasteiger partial charge in [0.2, 0.25) is 0 Å². The Kier molecular flexibility index (Phi) is 6.11. The van der Waals surface area contributed by atoms with E-state index in [9.17, 15) is 0 Å². The molecule has 0 spiro atoms. The molecule has 108 valence electrons. The lowest BCUT2D eigenvalue weighted by molar-refractivity contribution is 0.376. The van der Waals surface area contributed by atoms with Crippen LogP contribution in [0.2, 0.25) is 0 Å². The molecule has 1 aliphatic rings. The molecule has 20 heavy (non-hydrogen) atoms. The molecule has 0 aromatic heterocycles. The predicted octanol–water partition coefficient (Wildman–Crippen LogP) is 6.05. The summed E-state index contributed by atoms with van der Waals surface area (Å²) in [6.07, 6.45) is 16.7. The molecular formula is C20H28. The molecule has 0 N–H and O–H groups in total. The van der Waals surface area contributed by atoms with Gasteiger partial charge in [0.05, 0.1) is 0 Å². The average molecular weight is 268 g/mol. The molecule has 0 aliphatic heterocycles. The van der Waals surface area contributed by atoms with Crippen molar-refractivity contribution < 1.29 is 0 Å². The van der Waals surface area contributed by atoms with Gasteiger partial charge < -0.3 is 0 Å². The van der Waals surface area contributed by atoms with E-state index in [0.29, 0.717) is 0 Å². The van der Waals surface area contributed by atoms with Crippen molar-refractivity contribution in [3.63, 3.8) is 0 Å². The van der Waals surface area contributed by atoms with Gasteiger partial charge in [-0.1, -0.05) is 61.9 Å². The average Bonchev–Trinajstić information content (AvgIpc) is 2.49. The quantitative estimate of drug-likeness (QED) is 0.571. The Hall–Kier alpha value is -1.30. The highest BCUT2D eigenvalue weighted by Gasteiger charge is 2.20. The minimum atomic E-state index is 0.789. The maximum atomic E-state index is 2.39. The van der Waals surface area contributed by atoms with Crippen LogP contribution in [-0.4, -0.2) is 0 Å². The van der Waals surface area contributed by atoms with E-state index in [4.69, 9.17) is 0 Å². The fourth-order valence-electron chi connectivity index (χ4n) is 3.22. The standard InChI is InChI=1S/C20H28/c1-3-5-6-8-18-11-15-20(16-12-18)19-13-9-17(7-4-2)10-14-19/h3,5-6,8-10,13-14,18,20H,4,7,11-12,15-16H2,1-2H3/b5-3+,8-6+. The molecule has 2 rings (SSSR count). The first-order valence-electron chi connectivity index (χ1n) is 8.21. The van der Waals surface area contributed by atoms with Gasteiger partial charge >= 0.3 is 0 Å². The number of aryl methyl sites for hydroxylation is 1. The van der Waals surface area contributed by atoms with Crippen LogP contribution in [0.1, 0.15) is 63.0 Å². The number of hydrogen-bond acceptors (Lipinski definition) is 0. The highest BCUT2D eigenvalue weighted by Crippen LogP contribution is 2.36. The van der Waals surface area contributed by atoms with Gasteiger partial charge in [0, 0.05) is 0 Å². The van der Waals surface area contributed by atoms with E-state index in [-0.39, 0.29) is 0 Å². The van der Waals surface area contributed by atoms with Crippen molar-refractivity contribution in [2.24, 2.45) is 5.92 Å². The SMILES string of the molecule is C/C=C/C=C/C1CCC(c2ccc(CCC)cc2)CC1. The van der Waals surface area contributed by atoms with E-state index >= 15 is 0 Å². The summed E-state index contributed by atoms with van der Waals surface area (Å²) in [5.74, 6) is 1.58. The molecule has 1 aromatic carbocycles. The first-order chi connectivity index (χ1) is 9.83. The van der Waals surface area contributed by atoms with Crippen molar-refractivity contribution >= 4 is 0 Å². The Morgan fingerprint density at radius 3 is 2.30 bits per heavy atom. The molecule has 1 saturated carbocycles. The van der Waals surface area contributed by atoms with Crippen LogP contribution in [0.3, 0.4) is 0 Å². The van der Waals surface area contributed by atoms with Crippen LogP contribution in [0, 0.1) is 5.92 Å². The molecule has 1 aromatic rings. The Morgan fingerprint density at radius 2 is 1.70 bits per heavy atom. The van der Waals surface area contributed by atoms with Crippen molar-refractivity contribution in [3.8, 4) is 0 Å². The first kappa shape index (κ1) is 15.1. The van der Waals surface area contributed by atoms with Gasteiger partial charge in [-0.25, -0.2) is 0 Å². The summed E-state index contributed by atoms with van der Waals surface area (Å²) in [5, 5.41) is 0. The Morgan fingerprint density at radius 1 is 1.00 bits per heavy atom. The summed E-state index contributed by atoms with van der Waals surface area (Å²) in [4.78, 5) is 0. The molecule has 0 bridgehead atoms. The van der Waals surface area contributed by atoms with Crippen LogP contribution >= 0.6 is 0 Å². The molecule has 0 amide bonds. The van der Waals surface area contributed by atoms with Crippen molar-refractivity contribution in [1.29, 1.82) is 0 Å². The molecule has 0 saturated heterocycles. The van der Waals surface area contributed by atoms with Crippen molar-refractivity contribution in [2.45, 2.75) is 58.3 Å². The topological polar surface area (TPSA) is 0 Å². The van der Waals surface area contributed by atoms with Crippen LogP contribution in [0.25, 0.3) is 0 Å². The van der Waals surface area contributed by atoms with Gasteiger partial charge in [-0.2, -0.15) is 0 Å². The van der Waals surface area contributed by atoms with Gasteiger partial charge in [-0.3, -0.25) is 0 Å². The zero-order chi connectivity index (χ0) is 14.2. The van der Waals surface area contributed by atoms with Gasteiger partial charge in [-0.15, -0.1) is 0 Å². The van der Waals surface area contributed by atoms with Crippen molar-refractivity contribution in [2.75, 3.05) is 0 Å². The Bertz CT molecular complexity index is 428. The molecular weight excluding hydrogens is 240 g/mol. The van der Waals surface area contributed by atoms with Crippen LogP contribution in [0.15, 0.2) is 48.6 Å². The summed E-state index contributed by atoms with van der Waals surface area (Å²) in [6.45, 7) is 4.32. The maximum absolute atomic E-state index is 2.39. The molecule has 1 fully saturated rings. The highest BCUT2D eigenvalue weighted by molar-refractivity contribution is 5.26. The largest absolute Gasteiger partial charge is 0.0877 e. The Labute approximate surface area is 124 Å². The first-order valence-corrected chi connectivity index (χ1v) is 8.21. The second-order valence-electron chi connectivity index (χ2n) is 6.01. The molecule has 0 radical (unpaired) electrons. The highest BCUT2D eigenvalue weighted by atomic mass is 14.2. The zero-order valence-electron chi connectivity index (χ0n) is 13.0. The summed E-state index contributed by atoms with van der Waals surface area (Å²) in [5.41, 5.74) is 3.04. The minimum absolute atomic E-state index is 0.789. The summed E-state index contributed by atoms with van der Waals surface area (Å²) in [6, 6.07) is 9.39. The third-order valence-electron chi connectivity index (χ3n) is 4.45. The van der Waals surface area contributed by atoms with Crippen LogP contribution < -0.4 is 0 Å². The van der Waals surface area contributed by atoms with E-state index < -0.39 is 0 Å². The number of allylic oxidation sites excluding steroid dienone is 4. The molecule has 0 unspecified atom stereocenters. The van der Waals surface area contributed by atoms with Crippen LogP contribution in [0.4, 0.5) is 0 Å². The van der Waals surface area contributed by atoms with Crippen molar-refractivity contribution in [1.82, 2.24) is 0 Å². The van der Waals surface area contributed by atoms with Gasteiger partial charge in [-0.05, 0) is 62.0 Å². The van der Waals surface area contributed by atoms with Crippen LogP contribution in [-0.2, 0) is 6.42 Å². The van der Waals surface area contributed by atoms with Crippen molar-refractivity contribution in [3.05, 3.63) is 59.7 Å². The van der Waals surface area contributed by atoms with Gasteiger partial charge in [0.25, 0.3) is 0 Å². The lowest BCUT2D eigenvalue weighted by Gasteiger charge is -2.27. The summed E-state index contributed by atoms with van der Waals surface area (Å²) in [7, 11) is 0. The normalized spacial score (nSPS) is 23.7. The van der Waals surface area contributed by atoms with Crippen LogP contribution in [0.5, 0.6) is 0 Å². The van der Waals surface area contributed by atoms with Gasteiger partial charge in [0.1, 0.15) is 0 Å². The molecule has 0 nitrogen and oxygen atoms in total. The predicted molar refractivity (Wildman–Crippen MR) is 89.1 cm³/mol. The second-order valence-corrected chi connectivity index (χ2v) is 6.01. The molecule has 1 aliphatic carbocycles. The number of rotatable bonds is 5. The lowest BCUT2D eigenvalue weighted by Crippen LogP contribution is -2.11. The smallest absolute Gasteiger partial charge is 0.0162 e. The van der Waals surface area contributed by atoms with E-state index in [1.54, 1.807) is 5.56 Å². The van der Waals surface area contributed by atoms with E-state index in [1.807, 2.05) is 0 Å². The molecule has 0 heterocycles. The number of benzene rings is 1. The summed E-state index contributed by atoms with van der Waals surface area (Å²) >= 11 is 0. The summed E-state index contributed by atoms with van der Waals surface area (Å²) < 4.78 is 0. The monoisotopic (exact) mass is 268 g/mol. The molecule has 0 atom stereocenters. The molecule has 0 heteroatoms. The second kappa shape index (κ2) is 8.09. The minimum Gasteiger partial charge on any atom is -0.0877 e. The van der Waals surface area contributed by atoms with E-state index in [2.05, 4.69) is 62.4 Å². The lowest BCUT2D eigenvalue weighted by atomic mass is 9.78. The fourth-order valence-corrected chi connectivity index (χ4v) is 3.22. The van der Waals surface area contributed by atoms with E-state index in [1.165, 1.54) is 44.1 Å². The maximum Gasteiger partial charge on any atom is -0.0162 e. The fraction of sp³-hybridized carbons (Fsp3) is 0.500. The number of hydrogen-bond donors (Lipinski definition) is 0. The van der Waals surface area contributed by atoms with E-state index in [0.717, 1.165) is 11.8 Å². The Balaban J connectivity index is 1.86. The third-order valence-corrected chi connectivity index (χ3v) is 4.45.